The topological polar surface area (TPSA) is 0 Å². The Hall–Kier alpha value is 0.0900. The highest BCUT2D eigenvalue weighted by Gasteiger charge is 1.68. The van der Waals surface area contributed by atoms with Gasteiger partial charge in [-0.2, -0.15) is 0 Å². The molecule has 0 aliphatic heterocycles. The molecule has 0 heterocycles. The first kappa shape index (κ1) is 5.09. The van der Waals surface area contributed by atoms with Gasteiger partial charge in [0.05, 0.1) is 0 Å². The highest BCUT2D eigenvalue weighted by atomic mass is 32.2. The van der Waals surface area contributed by atoms with Crippen LogP contribution in [0.2, 0.25) is 0 Å². The lowest BCUT2D eigenvalue weighted by atomic mass is 10.8. The largest absolute Gasteiger partial charge is 0.131 e. The highest BCUT2D eigenvalue weighted by molar-refractivity contribution is 8.04. The fourth-order valence-corrected chi connectivity index (χ4v) is 0. The molecule has 0 unspecified atom stereocenters. The molecule has 0 saturated carbocycles. The van der Waals surface area contributed by atoms with E-state index >= 15 is 0 Å². The third-order valence-electron chi connectivity index (χ3n) is 0.246. The van der Waals surface area contributed by atoms with Gasteiger partial charge in [-0.25, -0.2) is 0 Å². The van der Waals surface area contributed by atoms with Crippen molar-refractivity contribution in [2.24, 2.45) is 0 Å². The summed E-state index contributed by atoms with van der Waals surface area (Å²) in [6, 6.07) is 0. The first-order valence-corrected chi connectivity index (χ1v) is 2.33. The Labute approximate surface area is 37.3 Å². The average Bonchev–Trinajstić information content (AvgIpc) is 1.38. The zero-order valence-corrected chi connectivity index (χ0v) is 4.14. The fraction of sp³-hybridized carbons (Fsp3) is 0.250. The van der Waals surface area contributed by atoms with Crippen molar-refractivity contribution in [3.05, 3.63) is 17.7 Å². The number of hydrogen-bond acceptors (Lipinski definition) is 1. The van der Waals surface area contributed by atoms with E-state index in [2.05, 4.69) is 12.8 Å². The van der Waals surface area contributed by atoms with Crippen molar-refractivity contribution >= 4 is 11.8 Å². The Balaban J connectivity index is 2.85. The van der Waals surface area contributed by atoms with Gasteiger partial charge in [-0.05, 0) is 11.8 Å². The summed E-state index contributed by atoms with van der Waals surface area (Å²) in [7, 11) is 0. The van der Waals surface area contributed by atoms with Gasteiger partial charge in [0.2, 0.25) is 0 Å². The fourth-order valence-electron chi connectivity index (χ4n) is 0. The highest BCUT2D eigenvalue weighted by Crippen LogP contribution is 2.06. The summed E-state index contributed by atoms with van der Waals surface area (Å²) in [5.41, 5.74) is 0. The molecule has 0 aliphatic rings. The van der Waals surface area contributed by atoms with Gasteiger partial charge in [0.1, 0.15) is 0 Å². The quantitative estimate of drug-likeness (QED) is 0.471. The number of thioether (sulfide) groups is 1. The summed E-state index contributed by atoms with van der Waals surface area (Å²) in [5, 5.41) is 0. The molecule has 0 nitrogen and oxygen atoms in total. The third-order valence-corrected chi connectivity index (χ3v) is 0.739. The normalized spacial score (nSPS) is 7.60. The summed E-state index contributed by atoms with van der Waals surface area (Å²) in [5.74, 6) is 0. The molecule has 0 aliphatic carbocycles. The summed E-state index contributed by atoms with van der Waals surface area (Å²) >= 11 is 1.44. The maximum Gasteiger partial charge on any atom is 0.00709 e. The third kappa shape index (κ3) is 4.09. The summed E-state index contributed by atoms with van der Waals surface area (Å²) in [6.45, 7) is 5.50. The molecule has 5 heavy (non-hydrogen) atoms. The van der Waals surface area contributed by atoms with Crippen molar-refractivity contribution in [3.8, 4) is 0 Å². The molecule has 29 valence electrons. The average molecular weight is 87.2 g/mol. The first-order valence-electron chi connectivity index (χ1n) is 1.35. The zero-order valence-electron chi connectivity index (χ0n) is 3.32. The van der Waals surface area contributed by atoms with E-state index in [1.807, 2.05) is 6.92 Å². The Morgan fingerprint density at radius 3 is 2.00 bits per heavy atom. The monoisotopic (exact) mass is 87.0 g/mol. The molecular formula is C4H7S. The molecular weight excluding hydrogens is 80.1 g/mol. The Bertz CT molecular complexity index is 38.9. The minimum absolute atomic E-state index is 1.06. The molecule has 1 heteroatoms. The molecule has 1 radical (unpaired) electrons. The van der Waals surface area contributed by atoms with Crippen molar-refractivity contribution in [1.29, 1.82) is 0 Å². The van der Waals surface area contributed by atoms with Crippen LogP contribution in [0.1, 0.15) is 6.92 Å². The van der Waals surface area contributed by atoms with Crippen LogP contribution in [0.5, 0.6) is 0 Å². The van der Waals surface area contributed by atoms with Gasteiger partial charge >= 0.3 is 0 Å². The lowest BCUT2D eigenvalue weighted by molar-refractivity contribution is 1.74. The Kier molecular flexibility index (Phi) is 2.38. The van der Waals surface area contributed by atoms with E-state index in [0.717, 1.165) is 4.91 Å². The van der Waals surface area contributed by atoms with Crippen molar-refractivity contribution in [1.82, 2.24) is 0 Å². The Morgan fingerprint density at radius 2 is 2.00 bits per heavy atom. The van der Waals surface area contributed by atoms with Crippen LogP contribution in [-0.4, -0.2) is 0 Å². The summed E-state index contributed by atoms with van der Waals surface area (Å²) < 4.78 is 0. The maximum absolute atomic E-state index is 3.57. The number of hydrogen-bond donors (Lipinski definition) is 0. The van der Waals surface area contributed by atoms with E-state index < -0.39 is 0 Å². The molecule has 0 aromatic rings. The van der Waals surface area contributed by atoms with Crippen LogP contribution in [0.25, 0.3) is 0 Å². The molecule has 0 atom stereocenters. The van der Waals surface area contributed by atoms with E-state index in [1.165, 1.54) is 11.8 Å². The maximum atomic E-state index is 3.57. The number of rotatable bonds is 1. The van der Waals surface area contributed by atoms with Gasteiger partial charge in [0.25, 0.3) is 0 Å². The lowest BCUT2D eigenvalue weighted by Gasteiger charge is -1.79. The van der Waals surface area contributed by atoms with Gasteiger partial charge in [0, 0.05) is 6.26 Å². The molecule has 0 fully saturated rings. The molecule has 0 bridgehead atoms. The van der Waals surface area contributed by atoms with E-state index in [0.29, 0.717) is 0 Å². The lowest BCUT2D eigenvalue weighted by Crippen LogP contribution is -1.46. The van der Waals surface area contributed by atoms with Crippen LogP contribution in [0.4, 0.5) is 0 Å². The Morgan fingerprint density at radius 1 is 1.80 bits per heavy atom. The summed E-state index contributed by atoms with van der Waals surface area (Å²) in [4.78, 5) is 1.06. The predicted octanol–water partition coefficient (Wildman–Crippen LogP) is 2.04. The van der Waals surface area contributed by atoms with Crippen molar-refractivity contribution in [2.45, 2.75) is 6.92 Å². The first-order chi connectivity index (χ1) is 2.27. The predicted molar refractivity (Wildman–Crippen MR) is 27.8 cm³/mol. The van der Waals surface area contributed by atoms with Crippen molar-refractivity contribution in [2.75, 3.05) is 0 Å². The van der Waals surface area contributed by atoms with E-state index in [4.69, 9.17) is 0 Å². The second-order valence-electron chi connectivity index (χ2n) is 0.846. The van der Waals surface area contributed by atoms with Crippen LogP contribution >= 0.6 is 11.8 Å². The minimum Gasteiger partial charge on any atom is -0.131 e. The zero-order chi connectivity index (χ0) is 4.28. The van der Waals surface area contributed by atoms with Crippen molar-refractivity contribution < 1.29 is 0 Å². The molecule has 0 aromatic carbocycles. The van der Waals surface area contributed by atoms with Crippen LogP contribution in [0.15, 0.2) is 11.5 Å². The van der Waals surface area contributed by atoms with Gasteiger partial charge in [-0.15, -0.1) is 11.8 Å². The molecule has 0 rings (SSSR count). The van der Waals surface area contributed by atoms with E-state index in [1.54, 1.807) is 0 Å². The van der Waals surface area contributed by atoms with E-state index in [-0.39, 0.29) is 0 Å². The SMILES string of the molecule is [CH2]SC(=C)C. The van der Waals surface area contributed by atoms with Crippen LogP contribution in [-0.2, 0) is 0 Å². The molecule has 0 spiro atoms. The second kappa shape index (κ2) is 2.33. The molecule has 0 N–H and O–H groups in total. The standard InChI is InChI=1S/C4H7S/c1-4(2)5-3/h1,3H2,2H3. The smallest absolute Gasteiger partial charge is 0.00709 e. The van der Waals surface area contributed by atoms with Crippen LogP contribution < -0.4 is 0 Å². The molecule has 0 amide bonds. The van der Waals surface area contributed by atoms with Crippen LogP contribution in [0.3, 0.4) is 0 Å². The van der Waals surface area contributed by atoms with Gasteiger partial charge < -0.3 is 0 Å². The second-order valence-corrected chi connectivity index (χ2v) is 1.83. The summed E-state index contributed by atoms with van der Waals surface area (Å²) in [6.07, 6.45) is 3.50. The number of allylic oxidation sites excluding steroid dienone is 1. The van der Waals surface area contributed by atoms with Crippen LogP contribution in [0, 0.1) is 6.26 Å². The molecule has 0 aromatic heterocycles. The van der Waals surface area contributed by atoms with Crippen molar-refractivity contribution in [3.63, 3.8) is 0 Å². The molecule has 0 saturated heterocycles. The van der Waals surface area contributed by atoms with Gasteiger partial charge in [0.15, 0.2) is 0 Å². The van der Waals surface area contributed by atoms with Gasteiger partial charge in [-0.3, -0.25) is 0 Å². The van der Waals surface area contributed by atoms with Gasteiger partial charge in [-0.1, -0.05) is 6.58 Å². The van der Waals surface area contributed by atoms with E-state index in [9.17, 15) is 0 Å². The minimum atomic E-state index is 1.06.